The van der Waals surface area contributed by atoms with Crippen LogP contribution < -0.4 is 5.32 Å². The number of carbonyl (C=O) groups is 2. The Balaban J connectivity index is 1.62. The minimum Gasteiger partial charge on any atom is -0.356 e. The third-order valence-corrected chi connectivity index (χ3v) is 5.91. The largest absolute Gasteiger partial charge is 0.356 e. The molecular formula is C16H22N2O2S. The van der Waals surface area contributed by atoms with E-state index >= 15 is 0 Å². The molecule has 2 aliphatic heterocycles. The molecule has 114 valence electrons. The minimum absolute atomic E-state index is 0.172. The number of hydrogen-bond acceptors (Lipinski definition) is 3. The van der Waals surface area contributed by atoms with Crippen LogP contribution in [0.5, 0.6) is 0 Å². The third-order valence-electron chi connectivity index (χ3n) is 4.92. The van der Waals surface area contributed by atoms with Crippen LogP contribution in [0.1, 0.15) is 46.7 Å². The van der Waals surface area contributed by atoms with Gasteiger partial charge in [-0.2, -0.15) is 0 Å². The lowest BCUT2D eigenvalue weighted by Gasteiger charge is -2.41. The van der Waals surface area contributed by atoms with Gasteiger partial charge in [0.1, 0.15) is 0 Å². The zero-order valence-electron chi connectivity index (χ0n) is 12.5. The van der Waals surface area contributed by atoms with Crippen molar-refractivity contribution in [3.8, 4) is 0 Å². The van der Waals surface area contributed by atoms with Crippen LogP contribution in [0.25, 0.3) is 0 Å². The zero-order valence-corrected chi connectivity index (χ0v) is 13.3. The highest BCUT2D eigenvalue weighted by atomic mass is 32.1. The first-order valence-electron chi connectivity index (χ1n) is 7.70. The summed E-state index contributed by atoms with van der Waals surface area (Å²) in [7, 11) is 0. The molecule has 0 saturated carbocycles. The smallest absolute Gasteiger partial charge is 0.263 e. The molecule has 1 aromatic heterocycles. The Bertz CT molecular complexity index is 544. The van der Waals surface area contributed by atoms with Crippen LogP contribution in [0.3, 0.4) is 0 Å². The average molecular weight is 306 g/mol. The molecule has 2 saturated heterocycles. The molecule has 1 aromatic rings. The number of piperidine rings is 1. The number of nitrogens with one attached hydrogen (secondary N) is 1. The molecule has 0 radical (unpaired) electrons. The summed E-state index contributed by atoms with van der Waals surface area (Å²) in [4.78, 5) is 28.0. The van der Waals surface area contributed by atoms with Gasteiger partial charge in [0.25, 0.3) is 5.91 Å². The summed E-state index contributed by atoms with van der Waals surface area (Å²) in [5, 5.41) is 2.96. The van der Waals surface area contributed by atoms with Crippen LogP contribution >= 0.6 is 11.3 Å². The molecule has 1 N–H and O–H groups in total. The Morgan fingerprint density at radius 1 is 1.24 bits per heavy atom. The molecule has 21 heavy (non-hydrogen) atoms. The molecule has 0 aliphatic carbocycles. The van der Waals surface area contributed by atoms with Crippen molar-refractivity contribution in [2.75, 3.05) is 19.6 Å². The predicted molar refractivity (Wildman–Crippen MR) is 83.5 cm³/mol. The highest BCUT2D eigenvalue weighted by Crippen LogP contribution is 2.40. The van der Waals surface area contributed by atoms with Crippen molar-refractivity contribution in [1.82, 2.24) is 10.2 Å². The van der Waals surface area contributed by atoms with E-state index in [1.165, 1.54) is 4.88 Å². The molecule has 5 heteroatoms. The highest BCUT2D eigenvalue weighted by Gasteiger charge is 2.37. The summed E-state index contributed by atoms with van der Waals surface area (Å²) < 4.78 is 0. The van der Waals surface area contributed by atoms with Gasteiger partial charge in [-0.15, -0.1) is 11.3 Å². The van der Waals surface area contributed by atoms with Crippen molar-refractivity contribution in [1.29, 1.82) is 0 Å². The summed E-state index contributed by atoms with van der Waals surface area (Å²) in [5.74, 6) is 0.352. The normalized spacial score (nSPS) is 22.0. The topological polar surface area (TPSA) is 49.4 Å². The van der Waals surface area contributed by atoms with Gasteiger partial charge in [0, 0.05) is 30.9 Å². The van der Waals surface area contributed by atoms with Crippen molar-refractivity contribution < 1.29 is 9.59 Å². The summed E-state index contributed by atoms with van der Waals surface area (Å²) in [6.07, 6.45) is 4.71. The van der Waals surface area contributed by atoms with E-state index in [2.05, 4.69) is 5.32 Å². The molecule has 0 bridgehead atoms. The summed E-state index contributed by atoms with van der Waals surface area (Å²) in [6.45, 7) is 4.47. The number of hydrogen-bond donors (Lipinski definition) is 1. The zero-order chi connectivity index (χ0) is 14.9. The van der Waals surface area contributed by atoms with Gasteiger partial charge in [-0.25, -0.2) is 0 Å². The highest BCUT2D eigenvalue weighted by molar-refractivity contribution is 7.13. The third kappa shape index (κ3) is 3.12. The average Bonchev–Trinajstić information content (AvgIpc) is 2.84. The number of carbonyl (C=O) groups excluding carboxylic acids is 2. The second-order valence-corrected chi connectivity index (χ2v) is 7.59. The van der Waals surface area contributed by atoms with Gasteiger partial charge in [-0.3, -0.25) is 9.59 Å². The van der Waals surface area contributed by atoms with E-state index in [9.17, 15) is 9.59 Å². The Hall–Kier alpha value is -1.36. The molecule has 3 rings (SSSR count). The Morgan fingerprint density at radius 3 is 2.67 bits per heavy atom. The van der Waals surface area contributed by atoms with E-state index in [1.54, 1.807) is 11.3 Å². The first kappa shape index (κ1) is 14.6. The Morgan fingerprint density at radius 2 is 2.00 bits per heavy atom. The molecule has 1 spiro atoms. The van der Waals surface area contributed by atoms with Crippen molar-refractivity contribution in [3.05, 3.63) is 21.9 Å². The number of likely N-dealkylation sites (tertiary alicyclic amines) is 1. The van der Waals surface area contributed by atoms with Crippen LogP contribution in [-0.2, 0) is 4.79 Å². The Labute approximate surface area is 129 Å². The lowest BCUT2D eigenvalue weighted by atomic mass is 9.73. The van der Waals surface area contributed by atoms with Crippen molar-refractivity contribution >= 4 is 23.2 Å². The van der Waals surface area contributed by atoms with Crippen molar-refractivity contribution in [2.45, 2.75) is 39.0 Å². The second kappa shape index (κ2) is 5.79. The van der Waals surface area contributed by atoms with Crippen LogP contribution in [0.15, 0.2) is 12.1 Å². The fourth-order valence-corrected chi connectivity index (χ4v) is 4.28. The van der Waals surface area contributed by atoms with E-state index in [0.29, 0.717) is 6.42 Å². The molecule has 0 aromatic carbocycles. The maximum Gasteiger partial charge on any atom is 0.263 e. The number of amides is 2. The quantitative estimate of drug-likeness (QED) is 0.867. The standard InChI is InChI=1S/C16H22N2O2S/c1-12-2-3-13(21-12)15(20)18-10-7-16(8-11-18)5-4-14(19)17-9-6-16/h2-3H,4-11H2,1H3,(H,17,19). The number of thiophene rings is 1. The monoisotopic (exact) mass is 306 g/mol. The summed E-state index contributed by atoms with van der Waals surface area (Å²) in [6, 6.07) is 3.94. The summed E-state index contributed by atoms with van der Waals surface area (Å²) >= 11 is 1.57. The maximum absolute atomic E-state index is 12.5. The fourth-order valence-electron chi connectivity index (χ4n) is 3.45. The van der Waals surface area contributed by atoms with E-state index in [-0.39, 0.29) is 17.2 Å². The van der Waals surface area contributed by atoms with E-state index in [1.807, 2.05) is 24.0 Å². The maximum atomic E-state index is 12.5. The lowest BCUT2D eigenvalue weighted by molar-refractivity contribution is -0.121. The molecular weight excluding hydrogens is 284 g/mol. The second-order valence-electron chi connectivity index (χ2n) is 6.30. The van der Waals surface area contributed by atoms with E-state index in [0.717, 1.165) is 50.2 Å². The number of rotatable bonds is 1. The molecule has 2 fully saturated rings. The van der Waals surface area contributed by atoms with E-state index < -0.39 is 0 Å². The minimum atomic E-state index is 0.172. The van der Waals surface area contributed by atoms with Crippen LogP contribution in [0.4, 0.5) is 0 Å². The van der Waals surface area contributed by atoms with Gasteiger partial charge in [0.15, 0.2) is 0 Å². The molecule has 4 nitrogen and oxygen atoms in total. The van der Waals surface area contributed by atoms with Crippen LogP contribution in [0, 0.1) is 12.3 Å². The number of nitrogens with zero attached hydrogens (tertiary/aromatic N) is 1. The van der Waals surface area contributed by atoms with Gasteiger partial charge in [0.2, 0.25) is 5.91 Å². The SMILES string of the molecule is Cc1ccc(C(=O)N2CCC3(CCNC(=O)CC3)CC2)s1. The van der Waals surface area contributed by atoms with Crippen LogP contribution in [-0.4, -0.2) is 36.3 Å². The predicted octanol–water partition coefficient (Wildman–Crippen LogP) is 2.58. The molecule has 2 amide bonds. The summed E-state index contributed by atoms with van der Waals surface area (Å²) in [5.41, 5.74) is 0.265. The van der Waals surface area contributed by atoms with Crippen molar-refractivity contribution in [2.24, 2.45) is 5.41 Å². The van der Waals surface area contributed by atoms with Gasteiger partial charge in [-0.05, 0) is 50.2 Å². The molecule has 3 heterocycles. The van der Waals surface area contributed by atoms with Crippen molar-refractivity contribution in [3.63, 3.8) is 0 Å². The fraction of sp³-hybridized carbons (Fsp3) is 0.625. The van der Waals surface area contributed by atoms with E-state index in [4.69, 9.17) is 0 Å². The van der Waals surface area contributed by atoms with Gasteiger partial charge in [-0.1, -0.05) is 0 Å². The number of aryl methyl sites for hydroxylation is 1. The molecule has 0 unspecified atom stereocenters. The molecule has 2 aliphatic rings. The van der Waals surface area contributed by atoms with Gasteiger partial charge >= 0.3 is 0 Å². The van der Waals surface area contributed by atoms with Crippen LogP contribution in [0.2, 0.25) is 0 Å². The first-order chi connectivity index (χ1) is 10.1. The Kier molecular flexibility index (Phi) is 4.02. The molecule has 0 atom stereocenters. The van der Waals surface area contributed by atoms with Gasteiger partial charge in [0.05, 0.1) is 4.88 Å². The lowest BCUT2D eigenvalue weighted by Crippen LogP contribution is -2.43. The first-order valence-corrected chi connectivity index (χ1v) is 8.52. The van der Waals surface area contributed by atoms with Gasteiger partial charge < -0.3 is 10.2 Å².